The number of nitrogens with zero attached hydrogens (tertiary/aromatic N) is 2. The van der Waals surface area contributed by atoms with Crippen LogP contribution in [-0.2, 0) is 30.0 Å². The molecule has 1 aromatic carbocycles. The van der Waals surface area contributed by atoms with Gasteiger partial charge in [-0.2, -0.15) is 5.10 Å². The van der Waals surface area contributed by atoms with Crippen molar-refractivity contribution in [3.05, 3.63) is 41.6 Å². The zero-order valence-corrected chi connectivity index (χ0v) is 11.9. The Bertz CT molecular complexity index is 722. The zero-order chi connectivity index (χ0) is 14.2. The van der Waals surface area contributed by atoms with Gasteiger partial charge in [0, 0.05) is 32.1 Å². The van der Waals surface area contributed by atoms with Gasteiger partial charge in [-0.25, -0.2) is 8.42 Å². The summed E-state index contributed by atoms with van der Waals surface area (Å²) in [7, 11) is -1.83. The van der Waals surface area contributed by atoms with Crippen LogP contribution >= 0.6 is 0 Å². The third-order valence-corrected chi connectivity index (χ3v) is 4.71. The first-order chi connectivity index (χ1) is 9.58. The summed E-state index contributed by atoms with van der Waals surface area (Å²) in [6.45, 7) is 1.50. The van der Waals surface area contributed by atoms with Crippen LogP contribution in [0.5, 0.6) is 0 Å². The normalized spacial score (nSPS) is 14.8. The molecule has 0 spiro atoms. The highest BCUT2D eigenvalue weighted by Gasteiger charge is 2.23. The van der Waals surface area contributed by atoms with Crippen LogP contribution in [0.1, 0.15) is 11.3 Å². The minimum atomic E-state index is -3.58. The Morgan fingerprint density at radius 3 is 2.80 bits per heavy atom. The first-order valence-electron chi connectivity index (χ1n) is 6.41. The number of aromatic nitrogens is 2. The fraction of sp³-hybridized carbons (Fsp3) is 0.308. The third-order valence-electron chi connectivity index (χ3n) is 3.35. The van der Waals surface area contributed by atoms with Crippen molar-refractivity contribution < 1.29 is 8.42 Å². The predicted molar refractivity (Wildman–Crippen MR) is 75.9 cm³/mol. The molecule has 1 aliphatic rings. The number of hydrogen-bond acceptors (Lipinski definition) is 4. The molecule has 0 saturated heterocycles. The van der Waals surface area contributed by atoms with E-state index in [9.17, 15) is 8.42 Å². The van der Waals surface area contributed by atoms with Gasteiger partial charge in [-0.15, -0.1) is 0 Å². The van der Waals surface area contributed by atoms with Crippen LogP contribution in [0.3, 0.4) is 0 Å². The van der Waals surface area contributed by atoms with E-state index < -0.39 is 10.0 Å². The summed E-state index contributed by atoms with van der Waals surface area (Å²) in [5.74, 6) is 0.538. The molecule has 2 heterocycles. The van der Waals surface area contributed by atoms with E-state index in [4.69, 9.17) is 0 Å². The number of anilines is 1. The standard InChI is InChI=1S/C13H16N4O2S/c1-17-13(11-9-14-8-7-12(11)15-17)16-20(18,19)10-5-3-2-4-6-10/h2-6,14,16H,7-9H2,1H3. The van der Waals surface area contributed by atoms with Crippen molar-refractivity contribution in [2.45, 2.75) is 17.9 Å². The summed E-state index contributed by atoms with van der Waals surface area (Å²) >= 11 is 0. The van der Waals surface area contributed by atoms with E-state index in [1.165, 1.54) is 0 Å². The van der Waals surface area contributed by atoms with Crippen LogP contribution in [0.15, 0.2) is 35.2 Å². The topological polar surface area (TPSA) is 76.0 Å². The van der Waals surface area contributed by atoms with Crippen molar-refractivity contribution in [1.82, 2.24) is 15.1 Å². The molecule has 0 saturated carbocycles. The average molecular weight is 292 g/mol. The molecule has 0 unspecified atom stereocenters. The fourth-order valence-electron chi connectivity index (χ4n) is 2.34. The van der Waals surface area contributed by atoms with Gasteiger partial charge >= 0.3 is 0 Å². The van der Waals surface area contributed by atoms with Crippen molar-refractivity contribution in [2.75, 3.05) is 11.3 Å². The average Bonchev–Trinajstić information content (AvgIpc) is 2.76. The molecule has 3 rings (SSSR count). The van der Waals surface area contributed by atoms with Gasteiger partial charge in [0.2, 0.25) is 0 Å². The molecular formula is C13H16N4O2S. The van der Waals surface area contributed by atoms with E-state index in [1.54, 1.807) is 42.1 Å². The molecule has 2 N–H and O–H groups in total. The smallest absolute Gasteiger partial charge is 0.263 e. The number of benzene rings is 1. The van der Waals surface area contributed by atoms with E-state index in [-0.39, 0.29) is 4.90 Å². The molecule has 106 valence electrons. The van der Waals surface area contributed by atoms with E-state index in [0.717, 1.165) is 24.2 Å². The second-order valence-corrected chi connectivity index (χ2v) is 6.43. The lowest BCUT2D eigenvalue weighted by Crippen LogP contribution is -2.24. The second-order valence-electron chi connectivity index (χ2n) is 4.74. The van der Waals surface area contributed by atoms with Crippen molar-refractivity contribution in [1.29, 1.82) is 0 Å². The highest BCUT2D eigenvalue weighted by atomic mass is 32.2. The van der Waals surface area contributed by atoms with Crippen molar-refractivity contribution >= 4 is 15.8 Å². The lowest BCUT2D eigenvalue weighted by Gasteiger charge is -2.14. The largest absolute Gasteiger partial charge is 0.312 e. The van der Waals surface area contributed by atoms with Gasteiger partial charge in [-0.3, -0.25) is 9.40 Å². The Hall–Kier alpha value is -1.86. The summed E-state index contributed by atoms with van der Waals surface area (Å²) in [5, 5.41) is 7.61. The van der Waals surface area contributed by atoms with Gasteiger partial charge in [-0.1, -0.05) is 18.2 Å². The molecule has 0 radical (unpaired) electrons. The van der Waals surface area contributed by atoms with Crippen molar-refractivity contribution in [2.24, 2.45) is 7.05 Å². The maximum Gasteiger partial charge on any atom is 0.263 e. The van der Waals surface area contributed by atoms with Gasteiger partial charge < -0.3 is 5.32 Å². The minimum absolute atomic E-state index is 0.249. The lowest BCUT2D eigenvalue weighted by atomic mass is 10.1. The lowest BCUT2D eigenvalue weighted by molar-refractivity contribution is 0.600. The summed E-state index contributed by atoms with van der Waals surface area (Å²) < 4.78 is 29.0. The minimum Gasteiger partial charge on any atom is -0.312 e. The van der Waals surface area contributed by atoms with E-state index in [2.05, 4.69) is 15.1 Å². The first kappa shape index (κ1) is 13.1. The molecule has 0 bridgehead atoms. The van der Waals surface area contributed by atoms with Crippen molar-refractivity contribution in [3.8, 4) is 0 Å². The monoisotopic (exact) mass is 292 g/mol. The molecule has 0 amide bonds. The Kier molecular flexibility index (Phi) is 3.23. The summed E-state index contributed by atoms with van der Waals surface area (Å²) in [6.07, 6.45) is 0.816. The molecule has 1 aromatic heterocycles. The Morgan fingerprint density at radius 2 is 2.05 bits per heavy atom. The number of sulfonamides is 1. The molecule has 0 atom stereocenters. The summed E-state index contributed by atoms with van der Waals surface area (Å²) in [4.78, 5) is 0.249. The van der Waals surface area contributed by atoms with E-state index in [0.29, 0.717) is 12.4 Å². The Labute approximate surface area is 117 Å². The van der Waals surface area contributed by atoms with Gasteiger partial charge in [0.25, 0.3) is 10.0 Å². The van der Waals surface area contributed by atoms with Crippen LogP contribution in [-0.4, -0.2) is 24.7 Å². The maximum absolute atomic E-state index is 12.4. The van der Waals surface area contributed by atoms with Crippen molar-refractivity contribution in [3.63, 3.8) is 0 Å². The number of nitrogens with one attached hydrogen (secondary N) is 2. The number of aryl methyl sites for hydroxylation is 1. The van der Waals surface area contributed by atoms with Gasteiger partial charge in [0.05, 0.1) is 10.6 Å². The van der Waals surface area contributed by atoms with Crippen LogP contribution in [0.2, 0.25) is 0 Å². The fourth-order valence-corrected chi connectivity index (χ4v) is 3.49. The molecule has 6 nitrogen and oxygen atoms in total. The first-order valence-corrected chi connectivity index (χ1v) is 7.89. The number of fused-ring (bicyclic) bond motifs is 1. The maximum atomic E-state index is 12.4. The zero-order valence-electron chi connectivity index (χ0n) is 11.1. The molecule has 7 heteroatoms. The van der Waals surface area contributed by atoms with Gasteiger partial charge in [-0.05, 0) is 12.1 Å². The molecule has 0 aliphatic carbocycles. The second kappa shape index (κ2) is 4.92. The summed E-state index contributed by atoms with van der Waals surface area (Å²) in [6, 6.07) is 8.34. The highest BCUT2D eigenvalue weighted by molar-refractivity contribution is 7.92. The van der Waals surface area contributed by atoms with Gasteiger partial charge in [0.15, 0.2) is 0 Å². The molecular weight excluding hydrogens is 276 g/mol. The quantitative estimate of drug-likeness (QED) is 0.880. The van der Waals surface area contributed by atoms with E-state index >= 15 is 0 Å². The number of rotatable bonds is 3. The van der Waals surface area contributed by atoms with Gasteiger partial charge in [0.1, 0.15) is 5.82 Å². The molecule has 0 fully saturated rings. The molecule has 20 heavy (non-hydrogen) atoms. The predicted octanol–water partition coefficient (Wildman–Crippen LogP) is 0.867. The Morgan fingerprint density at radius 1 is 1.30 bits per heavy atom. The molecule has 1 aliphatic heterocycles. The SMILES string of the molecule is Cn1nc2c(c1NS(=O)(=O)c1ccccc1)CNCC2. The van der Waals surface area contributed by atoms with E-state index in [1.807, 2.05) is 0 Å². The third kappa shape index (κ3) is 2.30. The highest BCUT2D eigenvalue weighted by Crippen LogP contribution is 2.24. The van der Waals surface area contributed by atoms with Crippen LogP contribution in [0.25, 0.3) is 0 Å². The Balaban J connectivity index is 1.98. The summed E-state index contributed by atoms with van der Waals surface area (Å²) in [5.41, 5.74) is 1.88. The number of hydrogen-bond donors (Lipinski definition) is 2. The molecule has 2 aromatic rings. The van der Waals surface area contributed by atoms with Crippen LogP contribution < -0.4 is 10.0 Å². The van der Waals surface area contributed by atoms with Crippen LogP contribution in [0.4, 0.5) is 5.82 Å². The van der Waals surface area contributed by atoms with Crippen LogP contribution in [0, 0.1) is 0 Å².